The van der Waals surface area contributed by atoms with Crippen molar-refractivity contribution in [3.05, 3.63) is 81.8 Å². The van der Waals surface area contributed by atoms with Crippen molar-refractivity contribution in [2.24, 2.45) is 5.92 Å². The molecule has 1 amide bonds. The first-order valence-electron chi connectivity index (χ1n) is 15.4. The number of anilines is 2. The summed E-state index contributed by atoms with van der Waals surface area (Å²) in [7, 11) is 3.27. The molecule has 0 spiro atoms. The normalized spacial score (nSPS) is 16.6. The summed E-state index contributed by atoms with van der Waals surface area (Å²) < 4.78 is 26.4. The quantitative estimate of drug-likeness (QED) is 0.160. The van der Waals surface area contributed by atoms with E-state index in [1.165, 1.54) is 0 Å². The van der Waals surface area contributed by atoms with Gasteiger partial charge in [0.15, 0.2) is 11.6 Å². The summed E-state index contributed by atoms with van der Waals surface area (Å²) in [5, 5.41) is 10.1. The fourth-order valence-electron chi connectivity index (χ4n) is 5.99. The molecular formula is C34H36Cl2FN7O3. The number of ether oxygens (including phenoxy) is 2. The van der Waals surface area contributed by atoms with Gasteiger partial charge in [-0.15, -0.1) is 0 Å². The lowest BCUT2D eigenvalue weighted by Gasteiger charge is -2.38. The van der Waals surface area contributed by atoms with Crippen LogP contribution in [0.4, 0.5) is 15.9 Å². The van der Waals surface area contributed by atoms with Gasteiger partial charge in [-0.2, -0.15) is 0 Å². The standard InChI is InChI=1S/C34H36Cl2FN7O3/c1-46-19-20-16-44(17-20)18-22-10-12-40-33(31(22)37)42-27-11-13-39-32(30(27)36)25-5-3-4-24(29(25)35)26-8-6-21(34(43-26)47-2)14-38-15-23-7-9-28(45)41-23/h3-6,8,10-13,20,23,38H,7,9,14-19H2,1-2H3,(H,41,45)(H,39,40,42)/t23-/m0/s1. The van der Waals surface area contributed by atoms with E-state index in [0.29, 0.717) is 83.2 Å². The minimum absolute atomic E-state index is 0.0780. The Hall–Kier alpha value is -3.87. The van der Waals surface area contributed by atoms with Crippen LogP contribution in [0.3, 0.4) is 0 Å². The highest BCUT2D eigenvalue weighted by atomic mass is 35.5. The van der Waals surface area contributed by atoms with Crippen LogP contribution >= 0.6 is 23.2 Å². The van der Waals surface area contributed by atoms with Crippen LogP contribution in [0.1, 0.15) is 24.0 Å². The zero-order valence-corrected chi connectivity index (χ0v) is 27.7. The lowest BCUT2D eigenvalue weighted by Crippen LogP contribution is -2.47. The van der Waals surface area contributed by atoms with E-state index < -0.39 is 5.82 Å². The van der Waals surface area contributed by atoms with E-state index >= 15 is 4.39 Å². The summed E-state index contributed by atoms with van der Waals surface area (Å²) in [4.78, 5) is 27.1. The van der Waals surface area contributed by atoms with Crippen LogP contribution in [-0.4, -0.2) is 72.3 Å². The molecule has 0 radical (unpaired) electrons. The number of halogens is 3. The molecule has 1 aromatic carbocycles. The van der Waals surface area contributed by atoms with Gasteiger partial charge in [-0.05, 0) is 24.6 Å². The summed E-state index contributed by atoms with van der Waals surface area (Å²) in [6.45, 7) is 4.11. The lowest BCUT2D eigenvalue weighted by atomic mass is 10.0. The number of nitrogens with one attached hydrogen (secondary N) is 3. The predicted octanol–water partition coefficient (Wildman–Crippen LogP) is 5.85. The number of carbonyl (C=O) groups excluding carboxylic acids is 1. The van der Waals surface area contributed by atoms with Gasteiger partial charge in [0.05, 0.1) is 40.8 Å². The molecule has 13 heteroatoms. The second-order valence-corrected chi connectivity index (χ2v) is 12.5. The smallest absolute Gasteiger partial charge is 0.220 e. The number of aromatic nitrogens is 3. The van der Waals surface area contributed by atoms with Gasteiger partial charge in [0.1, 0.15) is 0 Å². The molecule has 2 saturated heterocycles. The zero-order chi connectivity index (χ0) is 32.9. The number of likely N-dealkylation sites (tertiary alicyclic amines) is 1. The summed E-state index contributed by atoms with van der Waals surface area (Å²) in [6, 6.07) is 12.9. The zero-order valence-electron chi connectivity index (χ0n) is 26.2. The van der Waals surface area contributed by atoms with Gasteiger partial charge in [0, 0.05) is 92.9 Å². The predicted molar refractivity (Wildman–Crippen MR) is 180 cm³/mol. The van der Waals surface area contributed by atoms with Crippen LogP contribution in [0.5, 0.6) is 5.88 Å². The Morgan fingerprint density at radius 1 is 1.02 bits per heavy atom. The number of hydrogen-bond donors (Lipinski definition) is 3. The molecule has 47 heavy (non-hydrogen) atoms. The molecule has 0 bridgehead atoms. The Morgan fingerprint density at radius 2 is 1.83 bits per heavy atom. The van der Waals surface area contributed by atoms with Crippen molar-refractivity contribution in [2.45, 2.75) is 32.0 Å². The van der Waals surface area contributed by atoms with Crippen molar-refractivity contribution in [1.29, 1.82) is 0 Å². The number of benzene rings is 1. The number of pyridine rings is 3. The number of methoxy groups -OCH3 is 2. The van der Waals surface area contributed by atoms with Crippen LogP contribution < -0.4 is 20.7 Å². The van der Waals surface area contributed by atoms with Crippen LogP contribution in [0, 0.1) is 11.7 Å². The third kappa shape index (κ3) is 7.50. The van der Waals surface area contributed by atoms with Gasteiger partial charge in [0.25, 0.3) is 0 Å². The Balaban J connectivity index is 1.19. The maximum atomic E-state index is 15.5. The highest BCUT2D eigenvalue weighted by Crippen LogP contribution is 2.41. The van der Waals surface area contributed by atoms with E-state index in [0.717, 1.165) is 25.1 Å². The van der Waals surface area contributed by atoms with E-state index in [4.69, 9.17) is 37.7 Å². The van der Waals surface area contributed by atoms with Crippen molar-refractivity contribution in [3.63, 3.8) is 0 Å². The van der Waals surface area contributed by atoms with Gasteiger partial charge in [-0.3, -0.25) is 14.7 Å². The van der Waals surface area contributed by atoms with E-state index in [1.54, 1.807) is 38.7 Å². The van der Waals surface area contributed by atoms with Crippen LogP contribution in [0.15, 0.2) is 54.9 Å². The fraction of sp³-hybridized carbons (Fsp3) is 0.353. The number of hydrogen-bond acceptors (Lipinski definition) is 9. The lowest BCUT2D eigenvalue weighted by molar-refractivity contribution is -0.119. The van der Waals surface area contributed by atoms with Gasteiger partial charge in [-0.25, -0.2) is 14.4 Å². The molecule has 2 aliphatic rings. The molecule has 2 aliphatic heterocycles. The Kier molecular flexibility index (Phi) is 10.5. The molecule has 3 N–H and O–H groups in total. The average molecular weight is 681 g/mol. The third-order valence-electron chi connectivity index (χ3n) is 8.39. The first kappa shape index (κ1) is 33.0. The molecule has 10 nitrogen and oxygen atoms in total. The van der Waals surface area contributed by atoms with Crippen LogP contribution in [-0.2, 0) is 22.6 Å². The summed E-state index contributed by atoms with van der Waals surface area (Å²) in [6.07, 6.45) is 4.56. The Labute approximate surface area is 283 Å². The molecule has 6 rings (SSSR count). The summed E-state index contributed by atoms with van der Waals surface area (Å²) in [5.41, 5.74) is 4.17. The van der Waals surface area contributed by atoms with Crippen LogP contribution in [0.2, 0.25) is 10.0 Å². The molecule has 5 heterocycles. The summed E-state index contributed by atoms with van der Waals surface area (Å²) >= 11 is 13.8. The molecule has 0 aliphatic carbocycles. The number of rotatable bonds is 13. The molecule has 1 atom stereocenters. The van der Waals surface area contributed by atoms with Crippen molar-refractivity contribution < 1.29 is 18.7 Å². The molecule has 4 aromatic rings. The first-order chi connectivity index (χ1) is 22.8. The average Bonchev–Trinajstić information content (AvgIpc) is 3.47. The molecular weight excluding hydrogens is 644 g/mol. The highest BCUT2D eigenvalue weighted by molar-refractivity contribution is 6.39. The second kappa shape index (κ2) is 14.9. The largest absolute Gasteiger partial charge is 0.481 e. The van der Waals surface area contributed by atoms with E-state index in [-0.39, 0.29) is 22.8 Å². The first-order valence-corrected chi connectivity index (χ1v) is 16.2. The fourth-order valence-corrected chi connectivity index (χ4v) is 6.56. The molecule has 2 fully saturated rings. The molecule has 0 unspecified atom stereocenters. The van der Waals surface area contributed by atoms with Crippen molar-refractivity contribution in [3.8, 4) is 28.4 Å². The van der Waals surface area contributed by atoms with Gasteiger partial charge in [-0.1, -0.05) is 47.5 Å². The van der Waals surface area contributed by atoms with Crippen molar-refractivity contribution >= 4 is 40.6 Å². The van der Waals surface area contributed by atoms with E-state index in [1.807, 2.05) is 30.3 Å². The van der Waals surface area contributed by atoms with Gasteiger partial charge < -0.3 is 25.4 Å². The number of nitrogens with zero attached hydrogens (tertiary/aromatic N) is 4. The highest BCUT2D eigenvalue weighted by Gasteiger charge is 2.28. The van der Waals surface area contributed by atoms with Crippen molar-refractivity contribution in [2.75, 3.05) is 45.8 Å². The SMILES string of the molecule is COCC1CN(Cc2ccnc(Nc3ccnc(-c4cccc(-c5ccc(CNC[C@@H]6CCC(=O)N6)c(OC)n5)c4Cl)c3Cl)c2F)C1. The minimum atomic E-state index is -0.430. The van der Waals surface area contributed by atoms with Gasteiger partial charge >= 0.3 is 0 Å². The number of carbonyl (C=O) groups is 1. The number of amides is 1. The minimum Gasteiger partial charge on any atom is -0.481 e. The topological polar surface area (TPSA) is 114 Å². The molecule has 0 saturated carbocycles. The molecule has 246 valence electrons. The second-order valence-electron chi connectivity index (χ2n) is 11.8. The van der Waals surface area contributed by atoms with Crippen molar-refractivity contribution in [1.82, 2.24) is 30.5 Å². The van der Waals surface area contributed by atoms with E-state index in [2.05, 4.69) is 30.8 Å². The third-order valence-corrected chi connectivity index (χ3v) is 9.18. The maximum Gasteiger partial charge on any atom is 0.220 e. The maximum absolute atomic E-state index is 15.5. The monoisotopic (exact) mass is 679 g/mol. The Morgan fingerprint density at radius 3 is 2.60 bits per heavy atom. The summed E-state index contributed by atoms with van der Waals surface area (Å²) in [5.74, 6) is 0.676. The van der Waals surface area contributed by atoms with E-state index in [9.17, 15) is 4.79 Å². The Bertz CT molecular complexity index is 1760. The van der Waals surface area contributed by atoms with Gasteiger partial charge in [0.2, 0.25) is 11.8 Å². The molecule has 3 aromatic heterocycles. The van der Waals surface area contributed by atoms with Crippen LogP contribution in [0.25, 0.3) is 22.5 Å².